The second-order valence-corrected chi connectivity index (χ2v) is 5.77. The average Bonchev–Trinajstić information content (AvgIpc) is 2.51. The van der Waals surface area contributed by atoms with Crippen LogP contribution in [0.5, 0.6) is 11.5 Å². The molecule has 0 radical (unpaired) electrons. The molecule has 4 N–H and O–H groups in total. The summed E-state index contributed by atoms with van der Waals surface area (Å²) in [6.07, 6.45) is 0. The molecule has 0 fully saturated rings. The van der Waals surface area contributed by atoms with E-state index >= 15 is 0 Å². The number of halogens is 1. The van der Waals surface area contributed by atoms with Crippen LogP contribution in [-0.4, -0.2) is 25.7 Å². The number of hydrogen-bond donors (Lipinski definition) is 3. The highest BCUT2D eigenvalue weighted by Crippen LogP contribution is 2.40. The Morgan fingerprint density at radius 1 is 1.50 bits per heavy atom. The number of benzene rings is 1. The number of methoxy groups -OCH3 is 1. The number of nitrogens with two attached hydrogens (primary N) is 1. The molecule has 8 nitrogen and oxygen atoms in total. The Bertz CT molecular complexity index is 769. The topological polar surface area (TPSA) is 126 Å². The van der Waals surface area contributed by atoms with Gasteiger partial charge in [0, 0.05) is 5.70 Å². The van der Waals surface area contributed by atoms with Crippen molar-refractivity contribution in [2.45, 2.75) is 13.0 Å². The molecule has 0 bridgehead atoms. The van der Waals surface area contributed by atoms with E-state index in [1.165, 1.54) is 7.11 Å². The standard InChI is InChI=1S/C15H15BrN4O4/c1-7-11(14(18)21)12(20-15(22)19-7)8-5-9(16)13(24-4-3-17)10(6-8)23-2/h5-6,12H,4H2,1-2H3,(H2,18,21)(H2,19,20,22)/t12-/m1/s1. The summed E-state index contributed by atoms with van der Waals surface area (Å²) >= 11 is 3.35. The molecule has 0 aliphatic carbocycles. The molecule has 2 rings (SSSR count). The van der Waals surface area contributed by atoms with Crippen LogP contribution < -0.4 is 25.8 Å². The quantitative estimate of drug-likeness (QED) is 0.696. The number of hydrogen-bond acceptors (Lipinski definition) is 5. The number of nitrogens with one attached hydrogen (secondary N) is 2. The molecule has 1 aromatic carbocycles. The van der Waals surface area contributed by atoms with Crippen LogP contribution >= 0.6 is 15.9 Å². The molecule has 0 saturated carbocycles. The zero-order valence-electron chi connectivity index (χ0n) is 13.0. The lowest BCUT2D eigenvalue weighted by molar-refractivity contribution is -0.115. The molecule has 1 aliphatic heterocycles. The van der Waals surface area contributed by atoms with E-state index in [1.54, 1.807) is 19.1 Å². The van der Waals surface area contributed by atoms with Gasteiger partial charge in [-0.15, -0.1) is 0 Å². The maximum atomic E-state index is 11.8. The van der Waals surface area contributed by atoms with Crippen LogP contribution in [0.3, 0.4) is 0 Å². The van der Waals surface area contributed by atoms with E-state index in [0.29, 0.717) is 27.2 Å². The molecule has 9 heteroatoms. The molecule has 1 heterocycles. The van der Waals surface area contributed by atoms with Gasteiger partial charge in [0.1, 0.15) is 6.07 Å². The number of amides is 3. The van der Waals surface area contributed by atoms with Gasteiger partial charge >= 0.3 is 6.03 Å². The minimum Gasteiger partial charge on any atom is -0.493 e. The van der Waals surface area contributed by atoms with Crippen LogP contribution in [0.25, 0.3) is 0 Å². The van der Waals surface area contributed by atoms with E-state index in [-0.39, 0.29) is 12.2 Å². The van der Waals surface area contributed by atoms with Crippen molar-refractivity contribution in [1.82, 2.24) is 10.6 Å². The van der Waals surface area contributed by atoms with E-state index in [1.807, 2.05) is 6.07 Å². The molecule has 1 aliphatic rings. The number of nitrogens with zero attached hydrogens (tertiary/aromatic N) is 1. The maximum absolute atomic E-state index is 11.8. The lowest BCUT2D eigenvalue weighted by atomic mass is 9.95. The van der Waals surface area contributed by atoms with Crippen molar-refractivity contribution in [3.05, 3.63) is 33.4 Å². The largest absolute Gasteiger partial charge is 0.493 e. The minimum atomic E-state index is -0.730. The van der Waals surface area contributed by atoms with Gasteiger partial charge < -0.3 is 25.8 Å². The fourth-order valence-corrected chi connectivity index (χ4v) is 3.00. The van der Waals surface area contributed by atoms with E-state index in [2.05, 4.69) is 26.6 Å². The Morgan fingerprint density at radius 3 is 2.79 bits per heavy atom. The van der Waals surface area contributed by atoms with Crippen molar-refractivity contribution in [2.24, 2.45) is 5.73 Å². The molecule has 126 valence electrons. The zero-order valence-corrected chi connectivity index (χ0v) is 14.6. The molecule has 1 aromatic rings. The van der Waals surface area contributed by atoms with Gasteiger partial charge in [-0.2, -0.15) is 5.26 Å². The van der Waals surface area contributed by atoms with E-state index in [0.717, 1.165) is 0 Å². The summed E-state index contributed by atoms with van der Waals surface area (Å²) < 4.78 is 11.1. The fourth-order valence-electron chi connectivity index (χ4n) is 2.42. The summed E-state index contributed by atoms with van der Waals surface area (Å²) in [6.45, 7) is 1.45. The van der Waals surface area contributed by atoms with Gasteiger partial charge in [-0.1, -0.05) is 0 Å². The second-order valence-electron chi connectivity index (χ2n) is 4.92. The third kappa shape index (κ3) is 3.44. The van der Waals surface area contributed by atoms with Crippen molar-refractivity contribution >= 4 is 27.9 Å². The highest BCUT2D eigenvalue weighted by molar-refractivity contribution is 9.10. The smallest absolute Gasteiger partial charge is 0.319 e. The third-order valence-electron chi connectivity index (χ3n) is 3.40. The first-order valence-corrected chi connectivity index (χ1v) is 7.63. The first-order valence-electron chi connectivity index (χ1n) is 6.84. The predicted octanol–water partition coefficient (Wildman–Crippen LogP) is 1.47. The van der Waals surface area contributed by atoms with Gasteiger partial charge in [0.05, 0.1) is 23.2 Å². The Balaban J connectivity index is 2.53. The van der Waals surface area contributed by atoms with Crippen LogP contribution in [0, 0.1) is 11.3 Å². The van der Waals surface area contributed by atoms with Gasteiger partial charge in [-0.25, -0.2) is 4.79 Å². The Kier molecular flexibility index (Phi) is 5.31. The van der Waals surface area contributed by atoms with Gasteiger partial charge in [0.25, 0.3) is 0 Å². The normalized spacial score (nSPS) is 16.8. The molecule has 0 unspecified atom stereocenters. The Hall–Kier alpha value is -2.73. The lowest BCUT2D eigenvalue weighted by Gasteiger charge is -2.28. The molecule has 24 heavy (non-hydrogen) atoms. The number of nitriles is 1. The van der Waals surface area contributed by atoms with Crippen molar-refractivity contribution in [1.29, 1.82) is 5.26 Å². The zero-order chi connectivity index (χ0) is 17.9. The fraction of sp³-hybridized carbons (Fsp3) is 0.267. The van der Waals surface area contributed by atoms with Gasteiger partial charge in [-0.05, 0) is 40.5 Å². The number of urea groups is 1. The summed E-state index contributed by atoms with van der Waals surface area (Å²) in [4.78, 5) is 23.5. The van der Waals surface area contributed by atoms with Crippen molar-refractivity contribution in [3.8, 4) is 17.6 Å². The SMILES string of the molecule is COc1cc([C@H]2NC(=O)NC(C)=C2C(N)=O)cc(Br)c1OCC#N. The van der Waals surface area contributed by atoms with E-state index in [9.17, 15) is 9.59 Å². The van der Waals surface area contributed by atoms with Crippen LogP contribution in [0.4, 0.5) is 4.79 Å². The highest BCUT2D eigenvalue weighted by atomic mass is 79.9. The summed E-state index contributed by atoms with van der Waals surface area (Å²) in [6, 6.07) is 3.98. The lowest BCUT2D eigenvalue weighted by Crippen LogP contribution is -2.46. The van der Waals surface area contributed by atoms with Gasteiger partial charge in [0.2, 0.25) is 5.91 Å². The number of allylic oxidation sites excluding steroid dienone is 1. The Morgan fingerprint density at radius 2 is 2.21 bits per heavy atom. The van der Waals surface area contributed by atoms with Crippen LogP contribution in [0.2, 0.25) is 0 Å². The molecule has 0 spiro atoms. The van der Waals surface area contributed by atoms with E-state index < -0.39 is 18.0 Å². The predicted molar refractivity (Wildman–Crippen MR) is 88.1 cm³/mol. The van der Waals surface area contributed by atoms with Gasteiger partial charge in [0.15, 0.2) is 18.1 Å². The summed E-state index contributed by atoms with van der Waals surface area (Å²) in [7, 11) is 1.45. The van der Waals surface area contributed by atoms with Crippen molar-refractivity contribution < 1.29 is 19.1 Å². The van der Waals surface area contributed by atoms with Crippen LogP contribution in [0.15, 0.2) is 27.9 Å². The molecule has 0 aromatic heterocycles. The van der Waals surface area contributed by atoms with Crippen LogP contribution in [0.1, 0.15) is 18.5 Å². The summed E-state index contributed by atoms with van der Waals surface area (Å²) in [5, 5.41) is 13.8. The third-order valence-corrected chi connectivity index (χ3v) is 3.99. The van der Waals surface area contributed by atoms with Crippen LogP contribution in [-0.2, 0) is 4.79 Å². The highest BCUT2D eigenvalue weighted by Gasteiger charge is 2.31. The van der Waals surface area contributed by atoms with Gasteiger partial charge in [-0.3, -0.25) is 4.79 Å². The second kappa shape index (κ2) is 7.23. The number of carbonyl (C=O) groups is 2. The number of carbonyl (C=O) groups excluding carboxylic acids is 2. The molecule has 1 atom stereocenters. The Labute approximate surface area is 146 Å². The molecule has 3 amide bonds. The van der Waals surface area contributed by atoms with E-state index in [4.69, 9.17) is 20.5 Å². The summed E-state index contributed by atoms with van der Waals surface area (Å²) in [5.41, 5.74) is 6.65. The maximum Gasteiger partial charge on any atom is 0.319 e. The summed E-state index contributed by atoms with van der Waals surface area (Å²) in [5.74, 6) is 0.0539. The monoisotopic (exact) mass is 394 g/mol. The average molecular weight is 395 g/mol. The molecule has 0 saturated heterocycles. The van der Waals surface area contributed by atoms with Crippen molar-refractivity contribution in [2.75, 3.05) is 13.7 Å². The first-order chi connectivity index (χ1) is 11.4. The number of primary amides is 1. The minimum absolute atomic E-state index is 0.149. The first kappa shape index (κ1) is 17.6. The molecular formula is C15H15BrN4O4. The van der Waals surface area contributed by atoms with Crippen molar-refractivity contribution in [3.63, 3.8) is 0 Å². The number of rotatable bonds is 5. The number of ether oxygens (including phenoxy) is 2. The molecular weight excluding hydrogens is 380 g/mol.